The first-order valence-electron chi connectivity index (χ1n) is 5.79. The molecule has 2 atom stereocenters. The van der Waals surface area contributed by atoms with Gasteiger partial charge in [0.2, 0.25) is 0 Å². The highest BCUT2D eigenvalue weighted by atomic mass is 16.5. The summed E-state index contributed by atoms with van der Waals surface area (Å²) in [5.74, 6) is -1.07. The van der Waals surface area contributed by atoms with Crippen LogP contribution in [0.5, 0.6) is 0 Å². The first-order chi connectivity index (χ1) is 8.15. The summed E-state index contributed by atoms with van der Waals surface area (Å²) in [4.78, 5) is 11.7. The van der Waals surface area contributed by atoms with E-state index < -0.39 is 18.1 Å². The maximum Gasteiger partial charge on any atom is 0.313 e. The third kappa shape index (κ3) is 4.54. The average Bonchev–Trinajstić information content (AvgIpc) is 2.34. The van der Waals surface area contributed by atoms with E-state index in [4.69, 9.17) is 10.5 Å². The highest BCUT2D eigenvalue weighted by Crippen LogP contribution is 2.12. The van der Waals surface area contributed by atoms with Gasteiger partial charge in [0.1, 0.15) is 12.8 Å². The number of aliphatic hydroxyl groups excluding tert-OH is 1. The van der Waals surface area contributed by atoms with E-state index in [1.165, 1.54) is 0 Å². The van der Waals surface area contributed by atoms with E-state index in [0.29, 0.717) is 6.42 Å². The van der Waals surface area contributed by atoms with Crippen molar-refractivity contribution in [2.24, 2.45) is 11.7 Å². The molecule has 3 N–H and O–H groups in total. The lowest BCUT2D eigenvalue weighted by Crippen LogP contribution is -2.36. The van der Waals surface area contributed by atoms with Gasteiger partial charge >= 0.3 is 5.97 Å². The van der Waals surface area contributed by atoms with E-state index in [1.54, 1.807) is 0 Å². The van der Waals surface area contributed by atoms with Crippen molar-refractivity contribution in [3.8, 4) is 0 Å². The minimum atomic E-state index is -1.15. The van der Waals surface area contributed by atoms with Crippen LogP contribution in [0, 0.1) is 5.92 Å². The van der Waals surface area contributed by atoms with E-state index in [2.05, 4.69) is 0 Å². The zero-order valence-corrected chi connectivity index (χ0v) is 10.0. The van der Waals surface area contributed by atoms with Gasteiger partial charge in [0.25, 0.3) is 0 Å². The first-order valence-corrected chi connectivity index (χ1v) is 5.79. The van der Waals surface area contributed by atoms with Gasteiger partial charge in [-0.05, 0) is 12.0 Å². The van der Waals surface area contributed by atoms with Crippen LogP contribution in [0.2, 0.25) is 0 Å². The Kier molecular flexibility index (Phi) is 5.66. The maximum absolute atomic E-state index is 11.7. The summed E-state index contributed by atoms with van der Waals surface area (Å²) in [5, 5.41) is 9.29. The number of nitrogens with two attached hydrogens (primary N) is 1. The molecule has 0 aliphatic carbocycles. The molecule has 1 aromatic carbocycles. The van der Waals surface area contributed by atoms with Crippen LogP contribution in [0.1, 0.15) is 25.3 Å². The minimum Gasteiger partial charge on any atom is -0.460 e. The summed E-state index contributed by atoms with van der Waals surface area (Å²) in [6.45, 7) is 2.15. The van der Waals surface area contributed by atoms with Crippen molar-refractivity contribution < 1.29 is 14.6 Å². The first kappa shape index (κ1) is 13.7. The molecular formula is C13H19NO3. The zero-order valence-electron chi connectivity index (χ0n) is 10.0. The van der Waals surface area contributed by atoms with Gasteiger partial charge in [-0.15, -0.1) is 0 Å². The number of ether oxygens (including phenoxy) is 1. The number of benzene rings is 1. The highest BCUT2D eigenvalue weighted by molar-refractivity contribution is 5.73. The Morgan fingerprint density at radius 2 is 2.06 bits per heavy atom. The maximum atomic E-state index is 11.7. The van der Waals surface area contributed by atoms with Gasteiger partial charge in [0.15, 0.2) is 0 Å². The molecule has 0 aromatic heterocycles. The number of esters is 1. The van der Waals surface area contributed by atoms with E-state index in [1.807, 2.05) is 37.3 Å². The third-order valence-corrected chi connectivity index (χ3v) is 2.54. The molecule has 17 heavy (non-hydrogen) atoms. The molecule has 0 amide bonds. The Hall–Kier alpha value is -1.39. The Morgan fingerprint density at radius 3 is 2.59 bits per heavy atom. The van der Waals surface area contributed by atoms with Crippen LogP contribution in [-0.4, -0.2) is 17.3 Å². The molecule has 0 bridgehead atoms. The summed E-state index contributed by atoms with van der Waals surface area (Å²) in [6.07, 6.45) is 0.156. The number of aliphatic hydroxyl groups is 1. The van der Waals surface area contributed by atoms with Crippen molar-refractivity contribution in [1.82, 2.24) is 0 Å². The van der Waals surface area contributed by atoms with Crippen LogP contribution < -0.4 is 5.73 Å². The van der Waals surface area contributed by atoms with Crippen LogP contribution in [0.25, 0.3) is 0 Å². The molecule has 1 aromatic rings. The second-order valence-corrected chi connectivity index (χ2v) is 3.98. The fourth-order valence-electron chi connectivity index (χ4n) is 1.57. The highest BCUT2D eigenvalue weighted by Gasteiger charge is 2.24. The smallest absolute Gasteiger partial charge is 0.313 e. The van der Waals surface area contributed by atoms with Crippen molar-refractivity contribution in [2.45, 2.75) is 32.6 Å². The normalized spacial score (nSPS) is 14.1. The van der Waals surface area contributed by atoms with E-state index in [9.17, 15) is 9.90 Å². The van der Waals surface area contributed by atoms with Gasteiger partial charge < -0.3 is 15.6 Å². The van der Waals surface area contributed by atoms with Crippen molar-refractivity contribution in [1.29, 1.82) is 0 Å². The lowest BCUT2D eigenvalue weighted by Gasteiger charge is -2.17. The molecule has 4 nitrogen and oxygen atoms in total. The predicted molar refractivity (Wildman–Crippen MR) is 64.8 cm³/mol. The van der Waals surface area contributed by atoms with Crippen molar-refractivity contribution in [3.63, 3.8) is 0 Å². The van der Waals surface area contributed by atoms with Gasteiger partial charge in [-0.1, -0.05) is 43.7 Å². The van der Waals surface area contributed by atoms with Crippen LogP contribution in [0.3, 0.4) is 0 Å². The van der Waals surface area contributed by atoms with Gasteiger partial charge in [0, 0.05) is 0 Å². The molecule has 0 aliphatic rings. The largest absolute Gasteiger partial charge is 0.460 e. The summed E-state index contributed by atoms with van der Waals surface area (Å²) in [6, 6.07) is 9.41. The van der Waals surface area contributed by atoms with Crippen LogP contribution in [-0.2, 0) is 16.1 Å². The Morgan fingerprint density at radius 1 is 1.41 bits per heavy atom. The SMILES string of the molecule is CCCC(C(=O)OCc1ccccc1)[C@@H](N)O. The average molecular weight is 237 g/mol. The number of hydrogen-bond donors (Lipinski definition) is 2. The van der Waals surface area contributed by atoms with E-state index >= 15 is 0 Å². The van der Waals surface area contributed by atoms with Crippen molar-refractivity contribution in [3.05, 3.63) is 35.9 Å². The van der Waals surface area contributed by atoms with E-state index in [0.717, 1.165) is 12.0 Å². The fraction of sp³-hybridized carbons (Fsp3) is 0.462. The second kappa shape index (κ2) is 7.04. The molecule has 4 heteroatoms. The lowest BCUT2D eigenvalue weighted by molar-refractivity contribution is -0.154. The summed E-state index contributed by atoms with van der Waals surface area (Å²) >= 11 is 0. The predicted octanol–water partition coefficient (Wildman–Crippen LogP) is 1.42. The quantitative estimate of drug-likeness (QED) is 0.580. The van der Waals surface area contributed by atoms with Crippen molar-refractivity contribution >= 4 is 5.97 Å². The Bertz CT molecular complexity index is 338. The molecule has 0 saturated heterocycles. The van der Waals surface area contributed by atoms with Gasteiger partial charge in [0.05, 0.1) is 5.92 Å². The van der Waals surface area contributed by atoms with E-state index in [-0.39, 0.29) is 6.61 Å². The lowest BCUT2D eigenvalue weighted by atomic mass is 10.0. The molecule has 0 fully saturated rings. The summed E-state index contributed by atoms with van der Waals surface area (Å²) < 4.78 is 5.13. The minimum absolute atomic E-state index is 0.215. The molecule has 0 saturated carbocycles. The fourth-order valence-corrected chi connectivity index (χ4v) is 1.57. The van der Waals surface area contributed by atoms with Gasteiger partial charge in [-0.25, -0.2) is 0 Å². The van der Waals surface area contributed by atoms with Crippen LogP contribution in [0.4, 0.5) is 0 Å². The summed E-state index contributed by atoms with van der Waals surface area (Å²) in [7, 11) is 0. The molecule has 0 spiro atoms. The molecule has 94 valence electrons. The van der Waals surface area contributed by atoms with Crippen LogP contribution in [0.15, 0.2) is 30.3 Å². The molecule has 0 heterocycles. The topological polar surface area (TPSA) is 72.5 Å². The molecule has 0 radical (unpaired) electrons. The zero-order chi connectivity index (χ0) is 12.7. The molecule has 0 aliphatic heterocycles. The summed E-state index contributed by atoms with van der Waals surface area (Å²) in [5.41, 5.74) is 6.27. The van der Waals surface area contributed by atoms with Gasteiger partial charge in [-0.2, -0.15) is 0 Å². The second-order valence-electron chi connectivity index (χ2n) is 3.98. The monoisotopic (exact) mass is 237 g/mol. The number of hydrogen-bond acceptors (Lipinski definition) is 4. The number of carbonyl (C=O) groups excluding carboxylic acids is 1. The van der Waals surface area contributed by atoms with Crippen molar-refractivity contribution in [2.75, 3.05) is 0 Å². The number of carbonyl (C=O) groups is 1. The van der Waals surface area contributed by atoms with Crippen LogP contribution >= 0.6 is 0 Å². The Balaban J connectivity index is 2.47. The molecule has 1 rings (SSSR count). The molecular weight excluding hydrogens is 218 g/mol. The standard InChI is InChI=1S/C13H19NO3/c1-2-6-11(12(14)15)13(16)17-9-10-7-4-3-5-8-10/h3-5,7-8,11-12,15H,2,6,9,14H2,1H3/t11?,12-/m0/s1. The van der Waals surface area contributed by atoms with Gasteiger partial charge in [-0.3, -0.25) is 4.79 Å². The molecule has 1 unspecified atom stereocenters. The third-order valence-electron chi connectivity index (χ3n) is 2.54. The Labute approximate surface area is 101 Å². The number of rotatable bonds is 6.